The Morgan fingerprint density at radius 2 is 2.29 bits per heavy atom. The van der Waals surface area contributed by atoms with Crippen molar-refractivity contribution < 1.29 is 14.6 Å². The summed E-state index contributed by atoms with van der Waals surface area (Å²) in [4.78, 5) is 12.9. The Kier molecular flexibility index (Phi) is 7.70. The van der Waals surface area contributed by atoms with Gasteiger partial charge in [0.2, 0.25) is 0 Å². The van der Waals surface area contributed by atoms with E-state index in [0.29, 0.717) is 0 Å². The summed E-state index contributed by atoms with van der Waals surface area (Å²) in [6.07, 6.45) is 2.62. The lowest BCUT2D eigenvalue weighted by Gasteiger charge is -2.23. The van der Waals surface area contributed by atoms with Crippen LogP contribution >= 0.6 is 11.8 Å². The Morgan fingerprint density at radius 1 is 1.64 bits per heavy atom. The van der Waals surface area contributed by atoms with Gasteiger partial charge in [-0.1, -0.05) is 0 Å². The molecule has 0 aliphatic carbocycles. The maximum absolute atomic E-state index is 11.3. The second-order valence-electron chi connectivity index (χ2n) is 3.08. The smallest absolute Gasteiger partial charge is 0.409 e. The summed E-state index contributed by atoms with van der Waals surface area (Å²) < 4.78 is 4.78. The molecule has 0 rings (SSSR count). The largest absolute Gasteiger partial charge is 0.447 e. The van der Waals surface area contributed by atoms with E-state index in [1.807, 2.05) is 13.2 Å². The van der Waals surface area contributed by atoms with Crippen molar-refractivity contribution in [1.29, 1.82) is 0 Å². The molecule has 1 unspecified atom stereocenters. The predicted octanol–water partition coefficient (Wildman–Crippen LogP) is 1.19. The predicted molar refractivity (Wildman–Crippen MR) is 58.7 cm³/mol. The van der Waals surface area contributed by atoms with E-state index in [0.717, 1.165) is 12.2 Å². The Labute approximate surface area is 89.6 Å². The minimum absolute atomic E-state index is 0.0679. The van der Waals surface area contributed by atoms with Crippen molar-refractivity contribution in [2.45, 2.75) is 19.4 Å². The molecule has 0 saturated carbocycles. The van der Waals surface area contributed by atoms with Gasteiger partial charge in [0.25, 0.3) is 0 Å². The van der Waals surface area contributed by atoms with Gasteiger partial charge in [0.1, 0.15) is 6.61 Å². The van der Waals surface area contributed by atoms with Crippen LogP contribution in [0, 0.1) is 0 Å². The van der Waals surface area contributed by atoms with Gasteiger partial charge in [0, 0.05) is 13.1 Å². The van der Waals surface area contributed by atoms with Crippen molar-refractivity contribution in [2.75, 3.05) is 32.3 Å². The molecule has 0 aliphatic heterocycles. The molecule has 14 heavy (non-hydrogen) atoms. The first-order valence-electron chi connectivity index (χ1n) is 4.62. The number of rotatable bonds is 6. The molecule has 0 aromatic carbocycles. The Hall–Kier alpha value is -0.420. The Bertz CT molecular complexity index is 166. The number of carbonyl (C=O) groups excluding carboxylic acids is 1. The molecule has 0 bridgehead atoms. The maximum atomic E-state index is 11.3. The summed E-state index contributed by atoms with van der Waals surface area (Å²) in [6, 6.07) is 0.175. The SMILES string of the molecule is CSCCC(C)N(C)C(=O)OCCO. The summed E-state index contributed by atoms with van der Waals surface area (Å²) in [5.74, 6) is 1.03. The highest BCUT2D eigenvalue weighted by atomic mass is 32.2. The molecule has 0 heterocycles. The molecule has 84 valence electrons. The van der Waals surface area contributed by atoms with E-state index in [4.69, 9.17) is 9.84 Å². The number of hydrogen-bond acceptors (Lipinski definition) is 4. The fourth-order valence-electron chi connectivity index (χ4n) is 0.897. The van der Waals surface area contributed by atoms with Gasteiger partial charge in [-0.2, -0.15) is 11.8 Å². The van der Waals surface area contributed by atoms with Gasteiger partial charge in [0.15, 0.2) is 0 Å². The first-order chi connectivity index (χ1) is 6.63. The Balaban J connectivity index is 3.78. The lowest BCUT2D eigenvalue weighted by Crippen LogP contribution is -2.36. The monoisotopic (exact) mass is 221 g/mol. The maximum Gasteiger partial charge on any atom is 0.409 e. The highest BCUT2D eigenvalue weighted by Crippen LogP contribution is 2.07. The molecule has 0 saturated heterocycles. The number of nitrogens with zero attached hydrogens (tertiary/aromatic N) is 1. The minimum Gasteiger partial charge on any atom is -0.447 e. The highest BCUT2D eigenvalue weighted by Gasteiger charge is 2.15. The van der Waals surface area contributed by atoms with Crippen LogP contribution < -0.4 is 0 Å². The van der Waals surface area contributed by atoms with E-state index >= 15 is 0 Å². The van der Waals surface area contributed by atoms with Crippen LogP contribution in [0.4, 0.5) is 4.79 Å². The van der Waals surface area contributed by atoms with Gasteiger partial charge in [-0.25, -0.2) is 4.79 Å². The topological polar surface area (TPSA) is 49.8 Å². The number of aliphatic hydroxyl groups is 1. The molecule has 0 spiro atoms. The van der Waals surface area contributed by atoms with Gasteiger partial charge in [-0.3, -0.25) is 0 Å². The fourth-order valence-corrected chi connectivity index (χ4v) is 1.47. The van der Waals surface area contributed by atoms with E-state index in [9.17, 15) is 4.79 Å². The van der Waals surface area contributed by atoms with Crippen molar-refractivity contribution in [3.05, 3.63) is 0 Å². The summed E-state index contributed by atoms with van der Waals surface area (Å²) >= 11 is 1.76. The standard InChI is InChI=1S/C9H19NO3S/c1-8(4-7-14-3)10(2)9(12)13-6-5-11/h8,11H,4-7H2,1-3H3. The van der Waals surface area contributed by atoms with Crippen LogP contribution in [0.25, 0.3) is 0 Å². The third kappa shape index (κ3) is 5.34. The van der Waals surface area contributed by atoms with Crippen molar-refractivity contribution in [3.63, 3.8) is 0 Å². The van der Waals surface area contributed by atoms with Gasteiger partial charge < -0.3 is 14.7 Å². The van der Waals surface area contributed by atoms with Crippen molar-refractivity contribution >= 4 is 17.9 Å². The van der Waals surface area contributed by atoms with E-state index in [1.165, 1.54) is 0 Å². The normalized spacial score (nSPS) is 12.3. The van der Waals surface area contributed by atoms with Crippen molar-refractivity contribution in [3.8, 4) is 0 Å². The second-order valence-corrected chi connectivity index (χ2v) is 4.06. The van der Waals surface area contributed by atoms with E-state index < -0.39 is 0 Å². The second kappa shape index (κ2) is 7.94. The number of carbonyl (C=O) groups is 1. The van der Waals surface area contributed by atoms with Gasteiger partial charge in [0.05, 0.1) is 6.61 Å². The molecule has 1 atom stereocenters. The van der Waals surface area contributed by atoms with Crippen molar-refractivity contribution in [1.82, 2.24) is 4.90 Å². The molecule has 0 radical (unpaired) electrons. The number of amides is 1. The summed E-state index contributed by atoms with van der Waals surface area (Å²) in [6.45, 7) is 1.92. The van der Waals surface area contributed by atoms with Crippen LogP contribution in [0.1, 0.15) is 13.3 Å². The molecule has 5 heteroatoms. The van der Waals surface area contributed by atoms with Gasteiger partial charge in [-0.15, -0.1) is 0 Å². The van der Waals surface area contributed by atoms with Crippen LogP contribution in [0.2, 0.25) is 0 Å². The lowest BCUT2D eigenvalue weighted by atomic mass is 10.2. The average molecular weight is 221 g/mol. The van der Waals surface area contributed by atoms with Crippen LogP contribution in [0.5, 0.6) is 0 Å². The van der Waals surface area contributed by atoms with Crippen LogP contribution in [0.3, 0.4) is 0 Å². The van der Waals surface area contributed by atoms with Gasteiger partial charge in [-0.05, 0) is 25.4 Å². The molecule has 1 amide bonds. The molecule has 0 fully saturated rings. The fraction of sp³-hybridized carbons (Fsp3) is 0.889. The molecule has 0 aromatic heterocycles. The molecule has 1 N–H and O–H groups in total. The number of thioether (sulfide) groups is 1. The zero-order valence-corrected chi connectivity index (χ0v) is 9.84. The summed E-state index contributed by atoms with van der Waals surface area (Å²) in [5.41, 5.74) is 0. The lowest BCUT2D eigenvalue weighted by molar-refractivity contribution is 0.0816. The first-order valence-corrected chi connectivity index (χ1v) is 6.02. The first kappa shape index (κ1) is 13.6. The van der Waals surface area contributed by atoms with E-state index in [-0.39, 0.29) is 25.3 Å². The molecule has 4 nitrogen and oxygen atoms in total. The molecular formula is C9H19NO3S. The number of ether oxygens (including phenoxy) is 1. The summed E-state index contributed by atoms with van der Waals surface area (Å²) in [5, 5.41) is 8.48. The minimum atomic E-state index is -0.368. The quantitative estimate of drug-likeness (QED) is 0.732. The average Bonchev–Trinajstić information content (AvgIpc) is 2.21. The molecule has 0 aromatic rings. The Morgan fingerprint density at radius 3 is 2.79 bits per heavy atom. The zero-order chi connectivity index (χ0) is 11.0. The number of aliphatic hydroxyl groups excluding tert-OH is 1. The summed E-state index contributed by atoms with van der Waals surface area (Å²) in [7, 11) is 1.71. The van der Waals surface area contributed by atoms with E-state index in [1.54, 1.807) is 23.7 Å². The third-order valence-electron chi connectivity index (χ3n) is 2.01. The van der Waals surface area contributed by atoms with Crippen molar-refractivity contribution in [2.24, 2.45) is 0 Å². The third-order valence-corrected chi connectivity index (χ3v) is 2.65. The van der Waals surface area contributed by atoms with Gasteiger partial charge >= 0.3 is 6.09 Å². The molecule has 0 aliphatic rings. The zero-order valence-electron chi connectivity index (χ0n) is 9.02. The van der Waals surface area contributed by atoms with E-state index in [2.05, 4.69) is 0 Å². The molecular weight excluding hydrogens is 202 g/mol. The van der Waals surface area contributed by atoms with Crippen LogP contribution in [0.15, 0.2) is 0 Å². The number of hydrogen-bond donors (Lipinski definition) is 1. The van der Waals surface area contributed by atoms with Crippen LogP contribution in [-0.2, 0) is 4.74 Å². The van der Waals surface area contributed by atoms with Crippen LogP contribution in [-0.4, -0.2) is 54.4 Å². The highest BCUT2D eigenvalue weighted by molar-refractivity contribution is 7.98.